The lowest BCUT2D eigenvalue weighted by molar-refractivity contribution is -0.119. The van der Waals surface area contributed by atoms with Crippen molar-refractivity contribution < 1.29 is 9.53 Å². The number of hydrogen-bond donors (Lipinski definition) is 1. The minimum absolute atomic E-state index is 0.228. The fourth-order valence-electron chi connectivity index (χ4n) is 2.11. The number of amides is 1. The predicted molar refractivity (Wildman–Crippen MR) is 44.7 cm³/mol. The SMILES string of the molecule is O=C1CCC(C2CCOCC2)N1. The lowest BCUT2D eigenvalue weighted by Gasteiger charge is -2.27. The molecule has 0 aromatic rings. The molecule has 2 saturated heterocycles. The zero-order valence-corrected chi connectivity index (χ0v) is 7.21. The highest BCUT2D eigenvalue weighted by Gasteiger charge is 2.29. The highest BCUT2D eigenvalue weighted by Crippen LogP contribution is 2.24. The van der Waals surface area contributed by atoms with E-state index in [-0.39, 0.29) is 5.91 Å². The van der Waals surface area contributed by atoms with Gasteiger partial charge in [0.1, 0.15) is 0 Å². The van der Waals surface area contributed by atoms with Gasteiger partial charge in [0.15, 0.2) is 0 Å². The number of ether oxygens (including phenoxy) is 1. The van der Waals surface area contributed by atoms with Crippen molar-refractivity contribution in [3.8, 4) is 0 Å². The molecule has 0 radical (unpaired) electrons. The molecule has 1 amide bonds. The second-order valence-electron chi connectivity index (χ2n) is 3.66. The van der Waals surface area contributed by atoms with Crippen molar-refractivity contribution in [3.05, 3.63) is 0 Å². The minimum atomic E-state index is 0.228. The lowest BCUT2D eigenvalue weighted by Crippen LogP contribution is -2.35. The molecule has 0 aliphatic carbocycles. The lowest BCUT2D eigenvalue weighted by atomic mass is 9.91. The molecule has 0 aromatic heterocycles. The van der Waals surface area contributed by atoms with E-state index < -0.39 is 0 Å². The van der Waals surface area contributed by atoms with Crippen molar-refractivity contribution >= 4 is 5.91 Å². The molecule has 3 heteroatoms. The Morgan fingerprint density at radius 1 is 1.25 bits per heavy atom. The van der Waals surface area contributed by atoms with Crippen LogP contribution in [0.2, 0.25) is 0 Å². The van der Waals surface area contributed by atoms with Crippen molar-refractivity contribution in [1.82, 2.24) is 5.32 Å². The van der Waals surface area contributed by atoms with E-state index in [1.807, 2.05) is 0 Å². The highest BCUT2D eigenvalue weighted by atomic mass is 16.5. The summed E-state index contributed by atoms with van der Waals surface area (Å²) in [4.78, 5) is 11.0. The van der Waals surface area contributed by atoms with Crippen LogP contribution < -0.4 is 5.32 Å². The third-order valence-corrected chi connectivity index (χ3v) is 2.86. The van der Waals surface area contributed by atoms with Gasteiger partial charge in [0.05, 0.1) is 0 Å². The maximum atomic E-state index is 11.0. The molecule has 0 saturated carbocycles. The van der Waals surface area contributed by atoms with Crippen LogP contribution >= 0.6 is 0 Å². The molecule has 2 heterocycles. The molecule has 2 aliphatic heterocycles. The van der Waals surface area contributed by atoms with Gasteiger partial charge in [-0.25, -0.2) is 0 Å². The number of carbonyl (C=O) groups is 1. The second-order valence-corrected chi connectivity index (χ2v) is 3.66. The van der Waals surface area contributed by atoms with Crippen molar-refractivity contribution in [1.29, 1.82) is 0 Å². The summed E-state index contributed by atoms with van der Waals surface area (Å²) in [5.74, 6) is 0.900. The average molecular weight is 169 g/mol. The van der Waals surface area contributed by atoms with Gasteiger partial charge < -0.3 is 10.1 Å². The van der Waals surface area contributed by atoms with Gasteiger partial charge in [-0.15, -0.1) is 0 Å². The van der Waals surface area contributed by atoms with Gasteiger partial charge in [0.2, 0.25) is 5.91 Å². The molecule has 0 aromatic carbocycles. The fourth-order valence-corrected chi connectivity index (χ4v) is 2.11. The first-order valence-electron chi connectivity index (χ1n) is 4.73. The molecule has 3 nitrogen and oxygen atoms in total. The van der Waals surface area contributed by atoms with Crippen LogP contribution in [0.3, 0.4) is 0 Å². The molecule has 1 atom stereocenters. The quantitative estimate of drug-likeness (QED) is 0.627. The Balaban J connectivity index is 1.86. The van der Waals surface area contributed by atoms with Crippen LogP contribution in [0, 0.1) is 5.92 Å². The number of rotatable bonds is 1. The van der Waals surface area contributed by atoms with Crippen molar-refractivity contribution in [2.45, 2.75) is 31.7 Å². The summed E-state index contributed by atoms with van der Waals surface area (Å²) in [6.07, 6.45) is 3.99. The molecule has 2 fully saturated rings. The van der Waals surface area contributed by atoms with Gasteiger partial charge in [0, 0.05) is 25.7 Å². The fraction of sp³-hybridized carbons (Fsp3) is 0.889. The molecule has 0 bridgehead atoms. The zero-order chi connectivity index (χ0) is 8.39. The average Bonchev–Trinajstić information content (AvgIpc) is 2.54. The summed E-state index contributed by atoms with van der Waals surface area (Å²) in [5, 5.41) is 3.03. The molecule has 12 heavy (non-hydrogen) atoms. The summed E-state index contributed by atoms with van der Waals surface area (Å²) in [6, 6.07) is 0.446. The van der Waals surface area contributed by atoms with E-state index in [0.29, 0.717) is 12.0 Å². The first kappa shape index (κ1) is 8.05. The second kappa shape index (κ2) is 3.44. The van der Waals surface area contributed by atoms with Crippen LogP contribution in [0.25, 0.3) is 0 Å². The minimum Gasteiger partial charge on any atom is -0.381 e. The van der Waals surface area contributed by atoms with Crippen LogP contribution in [0.1, 0.15) is 25.7 Å². The van der Waals surface area contributed by atoms with E-state index in [4.69, 9.17) is 4.74 Å². The van der Waals surface area contributed by atoms with Crippen LogP contribution in [-0.4, -0.2) is 25.2 Å². The molecule has 1 unspecified atom stereocenters. The molecular weight excluding hydrogens is 154 g/mol. The van der Waals surface area contributed by atoms with Crippen LogP contribution in [-0.2, 0) is 9.53 Å². The molecular formula is C9H15NO2. The maximum Gasteiger partial charge on any atom is 0.220 e. The molecule has 2 aliphatic rings. The molecule has 68 valence electrons. The summed E-state index contributed by atoms with van der Waals surface area (Å²) >= 11 is 0. The Labute approximate surface area is 72.5 Å². The standard InChI is InChI=1S/C9H15NO2/c11-9-2-1-8(10-9)7-3-5-12-6-4-7/h7-8H,1-6H2,(H,10,11). The Morgan fingerprint density at radius 2 is 2.00 bits per heavy atom. The van der Waals surface area contributed by atoms with E-state index in [9.17, 15) is 4.79 Å². The van der Waals surface area contributed by atoms with E-state index in [0.717, 1.165) is 38.9 Å². The van der Waals surface area contributed by atoms with Gasteiger partial charge >= 0.3 is 0 Å². The first-order chi connectivity index (χ1) is 5.86. The summed E-state index contributed by atoms with van der Waals surface area (Å²) in [6.45, 7) is 1.74. The Kier molecular flexibility index (Phi) is 2.30. The van der Waals surface area contributed by atoms with Gasteiger partial charge in [0.25, 0.3) is 0 Å². The van der Waals surface area contributed by atoms with Crippen LogP contribution in [0.4, 0.5) is 0 Å². The monoisotopic (exact) mass is 169 g/mol. The summed E-state index contributed by atoms with van der Waals surface area (Å²) in [7, 11) is 0. The third-order valence-electron chi connectivity index (χ3n) is 2.86. The zero-order valence-electron chi connectivity index (χ0n) is 7.21. The number of hydrogen-bond acceptors (Lipinski definition) is 2. The topological polar surface area (TPSA) is 38.3 Å². The Bertz CT molecular complexity index is 175. The molecule has 2 rings (SSSR count). The summed E-state index contributed by atoms with van der Waals surface area (Å²) in [5.41, 5.74) is 0. The normalized spacial score (nSPS) is 32.0. The third kappa shape index (κ3) is 1.61. The van der Waals surface area contributed by atoms with E-state index in [2.05, 4.69) is 5.32 Å². The first-order valence-corrected chi connectivity index (χ1v) is 4.73. The van der Waals surface area contributed by atoms with Crippen molar-refractivity contribution in [2.75, 3.05) is 13.2 Å². The molecule has 1 N–H and O–H groups in total. The highest BCUT2D eigenvalue weighted by molar-refractivity contribution is 5.78. The van der Waals surface area contributed by atoms with E-state index in [1.54, 1.807) is 0 Å². The van der Waals surface area contributed by atoms with Crippen molar-refractivity contribution in [3.63, 3.8) is 0 Å². The summed E-state index contributed by atoms with van der Waals surface area (Å²) < 4.78 is 5.27. The van der Waals surface area contributed by atoms with Crippen LogP contribution in [0.5, 0.6) is 0 Å². The largest absolute Gasteiger partial charge is 0.381 e. The Morgan fingerprint density at radius 3 is 2.58 bits per heavy atom. The Hall–Kier alpha value is -0.570. The number of carbonyl (C=O) groups excluding carboxylic acids is 1. The van der Waals surface area contributed by atoms with Gasteiger partial charge in [-0.3, -0.25) is 4.79 Å². The number of nitrogens with one attached hydrogen (secondary N) is 1. The van der Waals surface area contributed by atoms with Crippen LogP contribution in [0.15, 0.2) is 0 Å². The maximum absolute atomic E-state index is 11.0. The van der Waals surface area contributed by atoms with E-state index >= 15 is 0 Å². The van der Waals surface area contributed by atoms with E-state index in [1.165, 1.54) is 0 Å². The predicted octanol–water partition coefficient (Wildman–Crippen LogP) is 0.692. The smallest absolute Gasteiger partial charge is 0.220 e. The van der Waals surface area contributed by atoms with Crippen molar-refractivity contribution in [2.24, 2.45) is 5.92 Å². The van der Waals surface area contributed by atoms with Gasteiger partial charge in [-0.05, 0) is 25.2 Å². The molecule has 0 spiro atoms. The van der Waals surface area contributed by atoms with Gasteiger partial charge in [-0.1, -0.05) is 0 Å². The van der Waals surface area contributed by atoms with Gasteiger partial charge in [-0.2, -0.15) is 0 Å².